The molecule has 0 saturated carbocycles. The van der Waals surface area contributed by atoms with Crippen LogP contribution < -0.4 is 20.7 Å². The van der Waals surface area contributed by atoms with Crippen molar-refractivity contribution in [3.63, 3.8) is 0 Å². The van der Waals surface area contributed by atoms with E-state index < -0.39 is 35.5 Å². The maximum absolute atomic E-state index is 13.2. The fourth-order valence-corrected chi connectivity index (χ4v) is 4.16. The zero-order valence-electron chi connectivity index (χ0n) is 22.7. The van der Waals surface area contributed by atoms with E-state index in [1.807, 2.05) is 6.92 Å². The number of imide groups is 1. The first-order chi connectivity index (χ1) is 18.4. The molecule has 9 nitrogen and oxygen atoms in total. The number of rotatable bonds is 11. The lowest BCUT2D eigenvalue weighted by Gasteiger charge is -2.22. The van der Waals surface area contributed by atoms with Gasteiger partial charge in [-0.05, 0) is 75.1 Å². The third kappa shape index (κ3) is 10.5. The van der Waals surface area contributed by atoms with Gasteiger partial charge in [0.2, 0.25) is 11.8 Å². The molecule has 3 N–H and O–H groups in total. The summed E-state index contributed by atoms with van der Waals surface area (Å²) in [5, 5.41) is 8.38. The highest BCUT2D eigenvalue weighted by molar-refractivity contribution is 9.09. The van der Waals surface area contributed by atoms with Gasteiger partial charge in [-0.25, -0.2) is 9.59 Å². The molecule has 2 rings (SSSR count). The molecule has 0 heterocycles. The summed E-state index contributed by atoms with van der Waals surface area (Å²) < 4.78 is 10.8. The zero-order valence-corrected chi connectivity index (χ0v) is 25.1. The van der Waals surface area contributed by atoms with Crippen LogP contribution in [0, 0.1) is 5.92 Å². The Labute approximate surface area is 242 Å². The summed E-state index contributed by atoms with van der Waals surface area (Å²) >= 11 is 9.22. The average Bonchev–Trinajstić information content (AvgIpc) is 2.88. The number of urea groups is 1. The molecule has 2 atom stereocenters. The average molecular weight is 625 g/mol. The molecule has 39 heavy (non-hydrogen) atoms. The number of benzene rings is 2. The number of hydrogen-bond acceptors (Lipinski definition) is 6. The van der Waals surface area contributed by atoms with Crippen LogP contribution in [-0.4, -0.2) is 48.4 Å². The second-order valence-corrected chi connectivity index (χ2v) is 10.8. The van der Waals surface area contributed by atoms with E-state index >= 15 is 0 Å². The van der Waals surface area contributed by atoms with Gasteiger partial charge in [0.25, 0.3) is 0 Å². The number of methoxy groups -OCH3 is 1. The largest absolute Gasteiger partial charge is 0.496 e. The number of amides is 4. The molecule has 0 saturated heterocycles. The summed E-state index contributed by atoms with van der Waals surface area (Å²) in [6.45, 7) is 7.22. The van der Waals surface area contributed by atoms with Crippen molar-refractivity contribution in [1.82, 2.24) is 16.0 Å². The molecule has 212 valence electrons. The van der Waals surface area contributed by atoms with E-state index in [2.05, 4.69) is 31.9 Å². The van der Waals surface area contributed by atoms with Gasteiger partial charge in [-0.2, -0.15) is 0 Å². The predicted molar refractivity (Wildman–Crippen MR) is 153 cm³/mol. The molecule has 0 aliphatic rings. The molecule has 0 bridgehead atoms. The summed E-state index contributed by atoms with van der Waals surface area (Å²) in [5.41, 5.74) is 1.06. The number of esters is 1. The molecule has 0 aromatic heterocycles. The van der Waals surface area contributed by atoms with Crippen LogP contribution in [0.15, 0.2) is 42.5 Å². The van der Waals surface area contributed by atoms with E-state index in [-0.39, 0.29) is 24.2 Å². The maximum Gasteiger partial charge on any atom is 0.338 e. The Morgan fingerprint density at radius 2 is 1.79 bits per heavy atom. The SMILES string of the molecule is CC[C@@H](NC(=O)NC(=O)[C@@H](CNC(=O)CBr)Cc1cc(Cl)ccc1OC)c1cccc(C(=O)OC(C)(C)C)c1. The van der Waals surface area contributed by atoms with Crippen LogP contribution in [0.25, 0.3) is 0 Å². The van der Waals surface area contributed by atoms with E-state index in [0.29, 0.717) is 33.9 Å². The monoisotopic (exact) mass is 623 g/mol. The fourth-order valence-electron chi connectivity index (χ4n) is 3.76. The minimum atomic E-state index is -0.790. The second-order valence-electron chi connectivity index (χ2n) is 9.85. The third-order valence-electron chi connectivity index (χ3n) is 5.62. The van der Waals surface area contributed by atoms with Crippen molar-refractivity contribution in [1.29, 1.82) is 0 Å². The van der Waals surface area contributed by atoms with Crippen molar-refractivity contribution in [3.05, 3.63) is 64.2 Å². The Bertz CT molecular complexity index is 1180. The van der Waals surface area contributed by atoms with E-state index in [1.165, 1.54) is 7.11 Å². The number of hydrogen-bond donors (Lipinski definition) is 3. The van der Waals surface area contributed by atoms with Gasteiger partial charge in [0, 0.05) is 11.6 Å². The van der Waals surface area contributed by atoms with Crippen LogP contribution >= 0.6 is 27.5 Å². The van der Waals surface area contributed by atoms with Crippen molar-refractivity contribution >= 4 is 51.3 Å². The first-order valence-corrected chi connectivity index (χ1v) is 14.0. The Morgan fingerprint density at radius 3 is 2.41 bits per heavy atom. The molecule has 0 aliphatic heterocycles. The van der Waals surface area contributed by atoms with Crippen molar-refractivity contribution in [2.24, 2.45) is 5.92 Å². The summed E-state index contributed by atoms with van der Waals surface area (Å²) in [4.78, 5) is 50.3. The van der Waals surface area contributed by atoms with Gasteiger partial charge < -0.3 is 20.1 Å². The molecule has 2 aromatic carbocycles. The van der Waals surface area contributed by atoms with Gasteiger partial charge in [-0.3, -0.25) is 14.9 Å². The van der Waals surface area contributed by atoms with E-state index in [1.54, 1.807) is 63.2 Å². The molecule has 4 amide bonds. The van der Waals surface area contributed by atoms with Crippen LogP contribution in [0.3, 0.4) is 0 Å². The molecule has 0 fully saturated rings. The van der Waals surface area contributed by atoms with Crippen molar-refractivity contribution in [2.45, 2.75) is 52.2 Å². The van der Waals surface area contributed by atoms with Crippen LogP contribution in [0.2, 0.25) is 5.02 Å². The Hall–Kier alpha value is -3.11. The van der Waals surface area contributed by atoms with Crippen molar-refractivity contribution < 1.29 is 28.7 Å². The third-order valence-corrected chi connectivity index (χ3v) is 6.36. The van der Waals surface area contributed by atoms with Crippen molar-refractivity contribution in [3.8, 4) is 5.75 Å². The zero-order chi connectivity index (χ0) is 29.2. The number of alkyl halides is 1. The molecule has 11 heteroatoms. The van der Waals surface area contributed by atoms with Crippen LogP contribution in [0.4, 0.5) is 4.79 Å². The highest BCUT2D eigenvalue weighted by Crippen LogP contribution is 2.25. The lowest BCUT2D eigenvalue weighted by atomic mass is 9.97. The van der Waals surface area contributed by atoms with E-state index in [4.69, 9.17) is 21.1 Å². The fraction of sp³-hybridized carbons (Fsp3) is 0.429. The first kappa shape index (κ1) is 32.1. The highest BCUT2D eigenvalue weighted by atomic mass is 79.9. The summed E-state index contributed by atoms with van der Waals surface area (Å²) in [5.74, 6) is -1.61. The summed E-state index contributed by atoms with van der Waals surface area (Å²) in [7, 11) is 1.50. The van der Waals surface area contributed by atoms with Crippen LogP contribution in [-0.2, 0) is 20.7 Å². The standard InChI is InChI=1S/C28H35BrClN3O6/c1-6-22(17-8-7-9-18(12-17)26(36)39-28(2,3)4)32-27(37)33-25(35)20(16-31-24(34)15-29)13-19-14-21(30)10-11-23(19)38-5/h7-12,14,20,22H,6,13,15-16H2,1-5H3,(H,31,34)(H2,32,33,35,37)/t20-,22-/m1/s1. The molecular weight excluding hydrogens is 590 g/mol. The minimum absolute atomic E-state index is 0.00560. The van der Waals surface area contributed by atoms with E-state index in [9.17, 15) is 19.2 Å². The topological polar surface area (TPSA) is 123 Å². The Kier molecular flexibility index (Phi) is 12.3. The van der Waals surface area contributed by atoms with Crippen molar-refractivity contribution in [2.75, 3.05) is 19.0 Å². The molecule has 0 aliphatic carbocycles. The van der Waals surface area contributed by atoms with Gasteiger partial charge in [-0.15, -0.1) is 0 Å². The van der Waals surface area contributed by atoms with Gasteiger partial charge in [-0.1, -0.05) is 46.6 Å². The summed E-state index contributed by atoms with van der Waals surface area (Å²) in [6.07, 6.45) is 0.671. The normalized spacial score (nSPS) is 12.6. The Morgan fingerprint density at radius 1 is 1.08 bits per heavy atom. The number of carbonyl (C=O) groups is 4. The van der Waals surface area contributed by atoms with Gasteiger partial charge in [0.1, 0.15) is 11.4 Å². The van der Waals surface area contributed by atoms with Crippen LogP contribution in [0.5, 0.6) is 5.75 Å². The summed E-state index contributed by atoms with van der Waals surface area (Å²) in [6, 6.07) is 10.7. The van der Waals surface area contributed by atoms with Crippen LogP contribution in [0.1, 0.15) is 61.6 Å². The lowest BCUT2D eigenvalue weighted by Crippen LogP contribution is -2.46. The smallest absolute Gasteiger partial charge is 0.338 e. The molecule has 2 aromatic rings. The number of carbonyl (C=O) groups excluding carboxylic acids is 4. The molecule has 0 unspecified atom stereocenters. The first-order valence-electron chi connectivity index (χ1n) is 12.5. The lowest BCUT2D eigenvalue weighted by molar-refractivity contribution is -0.124. The predicted octanol–water partition coefficient (Wildman–Crippen LogP) is 4.95. The number of ether oxygens (including phenoxy) is 2. The number of halogens is 2. The Balaban J connectivity index is 2.16. The van der Waals surface area contributed by atoms with Gasteiger partial charge in [0.15, 0.2) is 0 Å². The van der Waals surface area contributed by atoms with Gasteiger partial charge in [0.05, 0.1) is 30.0 Å². The quantitative estimate of drug-likeness (QED) is 0.240. The van der Waals surface area contributed by atoms with Gasteiger partial charge >= 0.3 is 12.0 Å². The molecule has 0 spiro atoms. The second kappa shape index (κ2) is 14.9. The number of nitrogens with one attached hydrogen (secondary N) is 3. The van der Waals surface area contributed by atoms with E-state index in [0.717, 1.165) is 0 Å². The maximum atomic E-state index is 13.2. The minimum Gasteiger partial charge on any atom is -0.496 e. The molecular formula is C28H35BrClN3O6. The molecule has 0 radical (unpaired) electrons. The highest BCUT2D eigenvalue weighted by Gasteiger charge is 2.25.